The number of anilines is 1. The maximum Gasteiger partial charge on any atom is 0.273 e. The molecule has 0 aliphatic carbocycles. The number of carbonyl (C=O) groups is 1. The van der Waals surface area contributed by atoms with E-state index in [9.17, 15) is 9.90 Å². The maximum atomic E-state index is 15.7. The Balaban J connectivity index is 1.59. The van der Waals surface area contributed by atoms with E-state index in [1.807, 2.05) is 56.5 Å². The molecule has 3 heterocycles. The van der Waals surface area contributed by atoms with Crippen molar-refractivity contribution in [1.29, 1.82) is 0 Å². The zero-order valence-corrected chi connectivity index (χ0v) is 20.5. The van der Waals surface area contributed by atoms with Crippen LogP contribution in [0.5, 0.6) is 0 Å². The van der Waals surface area contributed by atoms with Gasteiger partial charge >= 0.3 is 0 Å². The Morgan fingerprint density at radius 1 is 1.20 bits per heavy atom. The Labute approximate surface area is 203 Å². The van der Waals surface area contributed by atoms with Crippen molar-refractivity contribution < 1.29 is 14.3 Å². The summed E-state index contributed by atoms with van der Waals surface area (Å²) in [6.45, 7) is 4.00. The van der Waals surface area contributed by atoms with Crippen molar-refractivity contribution in [2.45, 2.75) is 32.5 Å². The zero-order chi connectivity index (χ0) is 25.1. The van der Waals surface area contributed by atoms with E-state index in [-0.39, 0.29) is 18.3 Å². The highest BCUT2D eigenvalue weighted by atomic mass is 19.1. The number of nitrogens with zero attached hydrogens (tertiary/aromatic N) is 5. The van der Waals surface area contributed by atoms with Crippen LogP contribution in [0.1, 0.15) is 41.0 Å². The van der Waals surface area contributed by atoms with Crippen LogP contribution >= 0.6 is 0 Å². The molecule has 0 radical (unpaired) electrons. The fourth-order valence-electron chi connectivity index (χ4n) is 4.80. The number of benzene rings is 2. The molecule has 0 saturated carbocycles. The number of carbonyl (C=O) groups excluding carboxylic acids is 1. The largest absolute Gasteiger partial charge is 0.386 e. The number of pyridine rings is 1. The smallest absolute Gasteiger partial charge is 0.273 e. The molecule has 0 saturated heterocycles. The number of halogens is 1. The number of amides is 1. The molecule has 0 fully saturated rings. The van der Waals surface area contributed by atoms with E-state index < -0.39 is 5.60 Å². The summed E-state index contributed by atoms with van der Waals surface area (Å²) in [5.74, 6) is -0.570. The second-order valence-electron chi connectivity index (χ2n) is 9.81. The number of aliphatic hydroxyl groups is 1. The highest BCUT2D eigenvalue weighted by Gasteiger charge is 2.30. The van der Waals surface area contributed by atoms with Gasteiger partial charge in [-0.15, -0.1) is 0 Å². The Hall–Kier alpha value is -3.78. The second kappa shape index (κ2) is 8.16. The van der Waals surface area contributed by atoms with Gasteiger partial charge in [0.2, 0.25) is 0 Å². The number of aromatic nitrogens is 3. The third kappa shape index (κ3) is 3.93. The summed E-state index contributed by atoms with van der Waals surface area (Å²) in [5.41, 5.74) is 4.29. The summed E-state index contributed by atoms with van der Waals surface area (Å²) in [5, 5.41) is 16.0. The van der Waals surface area contributed by atoms with Crippen molar-refractivity contribution in [3.05, 3.63) is 77.0 Å². The monoisotopic (exact) mass is 473 g/mol. The first-order valence-corrected chi connectivity index (χ1v) is 11.5. The number of hydrogen-bond acceptors (Lipinski definition) is 5. The van der Waals surface area contributed by atoms with Gasteiger partial charge in [0.1, 0.15) is 11.5 Å². The fraction of sp³-hybridized carbons (Fsp3) is 0.296. The minimum absolute atomic E-state index is 0.148. The molecule has 0 atom stereocenters. The van der Waals surface area contributed by atoms with Crippen LogP contribution in [-0.4, -0.2) is 44.8 Å². The average Bonchev–Trinajstić information content (AvgIpc) is 3.33. The van der Waals surface area contributed by atoms with Gasteiger partial charge in [0, 0.05) is 67.8 Å². The molecule has 35 heavy (non-hydrogen) atoms. The normalized spacial score (nSPS) is 13.6. The lowest BCUT2D eigenvalue weighted by molar-refractivity contribution is 0.0760. The van der Waals surface area contributed by atoms with Gasteiger partial charge in [-0.3, -0.25) is 14.5 Å². The van der Waals surface area contributed by atoms with Crippen molar-refractivity contribution >= 4 is 22.5 Å². The van der Waals surface area contributed by atoms with E-state index in [2.05, 4.69) is 10.1 Å². The van der Waals surface area contributed by atoms with Crippen LogP contribution in [0.3, 0.4) is 0 Å². The van der Waals surface area contributed by atoms with Crippen LogP contribution < -0.4 is 4.90 Å². The molecule has 8 heteroatoms. The van der Waals surface area contributed by atoms with Crippen LogP contribution in [0.4, 0.5) is 10.1 Å². The molecular weight excluding hydrogens is 445 g/mol. The van der Waals surface area contributed by atoms with Gasteiger partial charge in [0.05, 0.1) is 17.7 Å². The Bertz CT molecular complexity index is 1470. The van der Waals surface area contributed by atoms with Gasteiger partial charge in [-0.1, -0.05) is 18.2 Å². The molecule has 2 aromatic carbocycles. The number of fused-ring (bicyclic) bond motifs is 2. The highest BCUT2D eigenvalue weighted by molar-refractivity contribution is 5.98. The second-order valence-corrected chi connectivity index (χ2v) is 9.81. The molecule has 1 aliphatic rings. The van der Waals surface area contributed by atoms with Crippen LogP contribution in [0.15, 0.2) is 48.8 Å². The maximum absolute atomic E-state index is 15.7. The lowest BCUT2D eigenvalue weighted by atomic mass is 9.91. The van der Waals surface area contributed by atoms with Crippen LogP contribution in [-0.2, 0) is 25.7 Å². The quantitative estimate of drug-likeness (QED) is 0.470. The molecule has 0 bridgehead atoms. The van der Waals surface area contributed by atoms with Crippen LogP contribution in [0.25, 0.3) is 22.0 Å². The molecule has 2 aromatic heterocycles. The lowest BCUT2D eigenvalue weighted by Gasteiger charge is -2.24. The molecule has 1 amide bonds. The molecule has 4 aromatic rings. The predicted molar refractivity (Wildman–Crippen MR) is 133 cm³/mol. The first-order chi connectivity index (χ1) is 16.5. The minimum atomic E-state index is -1.07. The molecule has 7 nitrogen and oxygen atoms in total. The summed E-state index contributed by atoms with van der Waals surface area (Å²) < 4.78 is 17.4. The van der Waals surface area contributed by atoms with Gasteiger partial charge in [-0.05, 0) is 43.2 Å². The fourth-order valence-corrected chi connectivity index (χ4v) is 4.80. The van der Waals surface area contributed by atoms with Gasteiger partial charge in [-0.2, -0.15) is 5.10 Å². The summed E-state index contributed by atoms with van der Waals surface area (Å²) in [6, 6.07) is 10.9. The number of aryl methyl sites for hydroxylation is 1. The summed E-state index contributed by atoms with van der Waals surface area (Å²) in [7, 11) is 5.55. The summed E-state index contributed by atoms with van der Waals surface area (Å²) in [4.78, 5) is 20.5. The molecule has 180 valence electrons. The molecule has 1 N–H and O–H groups in total. The molecular formula is C27H28FN5O2. The minimum Gasteiger partial charge on any atom is -0.386 e. The predicted octanol–water partition coefficient (Wildman–Crippen LogP) is 4.22. The van der Waals surface area contributed by atoms with E-state index in [4.69, 9.17) is 0 Å². The summed E-state index contributed by atoms with van der Waals surface area (Å²) in [6.07, 6.45) is 3.48. The zero-order valence-electron chi connectivity index (χ0n) is 20.5. The lowest BCUT2D eigenvalue weighted by Crippen LogP contribution is -2.26. The van der Waals surface area contributed by atoms with Gasteiger partial charge < -0.3 is 14.9 Å². The molecule has 0 unspecified atom stereocenters. The van der Waals surface area contributed by atoms with E-state index in [1.54, 1.807) is 35.7 Å². The Kier molecular flexibility index (Phi) is 5.36. The molecule has 0 spiro atoms. The van der Waals surface area contributed by atoms with Crippen LogP contribution in [0.2, 0.25) is 0 Å². The highest BCUT2D eigenvalue weighted by Crippen LogP contribution is 2.38. The first-order valence-electron chi connectivity index (χ1n) is 11.5. The van der Waals surface area contributed by atoms with E-state index in [0.717, 1.165) is 16.5 Å². The molecule has 5 rings (SSSR count). The Morgan fingerprint density at radius 2 is 1.97 bits per heavy atom. The SMILES string of the molecule is CN(C)c1cc(-c2ccc(C(C)(C)O)c3nn(C)cc23)cc(F)c1CN1Cc2cccnc2C1=O. The Morgan fingerprint density at radius 3 is 2.66 bits per heavy atom. The molecule has 1 aliphatic heterocycles. The summed E-state index contributed by atoms with van der Waals surface area (Å²) >= 11 is 0. The van der Waals surface area contributed by atoms with Crippen molar-refractivity contribution in [2.75, 3.05) is 19.0 Å². The van der Waals surface area contributed by atoms with E-state index >= 15 is 4.39 Å². The number of hydrogen-bond donors (Lipinski definition) is 1. The third-order valence-corrected chi connectivity index (χ3v) is 6.51. The first kappa shape index (κ1) is 23.0. The topological polar surface area (TPSA) is 74.5 Å². The average molecular weight is 474 g/mol. The van der Waals surface area contributed by atoms with E-state index in [1.165, 1.54) is 6.07 Å². The standard InChI is InChI=1S/C27H28FN5O2/c1-27(2,35)21-9-8-18(19-14-32(5)30-25(19)21)17-11-22(28)20(23(12-17)31(3)4)15-33-13-16-7-6-10-29-24(16)26(33)34/h6-12,14,35H,13,15H2,1-5H3. The van der Waals surface area contributed by atoms with Crippen molar-refractivity contribution in [3.63, 3.8) is 0 Å². The van der Waals surface area contributed by atoms with Crippen molar-refractivity contribution in [2.24, 2.45) is 7.05 Å². The van der Waals surface area contributed by atoms with Crippen molar-refractivity contribution in [3.8, 4) is 11.1 Å². The van der Waals surface area contributed by atoms with Crippen LogP contribution in [0, 0.1) is 5.82 Å². The van der Waals surface area contributed by atoms with Crippen molar-refractivity contribution in [1.82, 2.24) is 19.7 Å². The van der Waals surface area contributed by atoms with Gasteiger partial charge in [-0.25, -0.2) is 4.39 Å². The number of rotatable bonds is 5. The third-order valence-electron chi connectivity index (χ3n) is 6.51. The van der Waals surface area contributed by atoms with E-state index in [0.29, 0.717) is 40.1 Å². The van der Waals surface area contributed by atoms with Gasteiger partial charge in [0.25, 0.3) is 5.91 Å². The van der Waals surface area contributed by atoms with Gasteiger partial charge in [0.15, 0.2) is 0 Å².